The Hall–Kier alpha value is -4.04. The Balaban J connectivity index is 0.000000696. The van der Waals surface area contributed by atoms with Crippen molar-refractivity contribution in [3.8, 4) is 0 Å². The van der Waals surface area contributed by atoms with Crippen LogP contribution < -0.4 is 10.6 Å². The van der Waals surface area contributed by atoms with Crippen molar-refractivity contribution in [1.82, 2.24) is 20.4 Å². The first kappa shape index (κ1) is 31.5. The molecule has 4 aromatic rings. The van der Waals surface area contributed by atoms with Crippen molar-refractivity contribution in [3.05, 3.63) is 81.8 Å². The summed E-state index contributed by atoms with van der Waals surface area (Å²) in [6.45, 7) is 0. The second-order valence-electron chi connectivity index (χ2n) is 8.64. The van der Waals surface area contributed by atoms with Crippen molar-refractivity contribution < 1.29 is 27.6 Å². The van der Waals surface area contributed by atoms with Crippen molar-refractivity contribution >= 4 is 51.0 Å². The van der Waals surface area contributed by atoms with Crippen LogP contribution in [0.3, 0.4) is 0 Å². The van der Waals surface area contributed by atoms with E-state index in [0.29, 0.717) is 23.1 Å². The minimum atomic E-state index is -4.64. The van der Waals surface area contributed by atoms with Gasteiger partial charge in [0.25, 0.3) is 0 Å². The number of amides is 2. The van der Waals surface area contributed by atoms with Crippen LogP contribution >= 0.6 is 22.7 Å². The lowest BCUT2D eigenvalue weighted by molar-refractivity contribution is -0.156. The minimum Gasteiger partial charge on any atom is -0.300 e. The standard InChI is InChI=1S/C25H26N6O2S2.C2HF3O/c32-20(16-18-10-4-1-5-11-18)26-24-30-28-22(34-24)14-8-3-9-15-23-29-31-25(35-23)27-21(33)17-19-12-6-2-7-13-19;3-2(4,5)1-6/h1-2,4-7,10-13H,3,8-9,14-17H2,(H,26,30,32)(H,27,31,33);1H. The van der Waals surface area contributed by atoms with Crippen molar-refractivity contribution in [2.75, 3.05) is 10.6 Å². The average molecular weight is 605 g/mol. The predicted molar refractivity (Wildman–Crippen MR) is 151 cm³/mol. The largest absolute Gasteiger partial charge is 0.446 e. The Morgan fingerprint density at radius 3 is 1.44 bits per heavy atom. The average Bonchev–Trinajstić information content (AvgIpc) is 3.58. The molecule has 0 radical (unpaired) electrons. The summed E-state index contributed by atoms with van der Waals surface area (Å²) in [5, 5.41) is 25.1. The molecule has 9 nitrogen and oxygen atoms in total. The van der Waals surface area contributed by atoms with Crippen LogP contribution in [0.15, 0.2) is 60.7 Å². The first-order chi connectivity index (χ1) is 19.7. The van der Waals surface area contributed by atoms with Crippen LogP contribution in [-0.2, 0) is 40.1 Å². The fraction of sp³-hybridized carbons (Fsp3) is 0.296. The number of aldehydes is 1. The number of carbonyl (C=O) groups excluding carboxylic acids is 3. The highest BCUT2D eigenvalue weighted by Gasteiger charge is 2.24. The number of benzene rings is 2. The van der Waals surface area contributed by atoms with Gasteiger partial charge in [-0.2, -0.15) is 13.2 Å². The Labute approximate surface area is 242 Å². The van der Waals surface area contributed by atoms with Gasteiger partial charge in [-0.05, 0) is 24.0 Å². The molecule has 0 bridgehead atoms. The molecule has 4 rings (SSSR count). The molecule has 14 heteroatoms. The topological polar surface area (TPSA) is 127 Å². The van der Waals surface area contributed by atoms with Gasteiger partial charge in [-0.25, -0.2) is 0 Å². The van der Waals surface area contributed by atoms with E-state index in [1.165, 1.54) is 22.7 Å². The highest BCUT2D eigenvalue weighted by atomic mass is 32.1. The van der Waals surface area contributed by atoms with Gasteiger partial charge in [-0.15, -0.1) is 20.4 Å². The molecule has 0 atom stereocenters. The number of hydrogen-bond acceptors (Lipinski definition) is 9. The number of aromatic nitrogens is 4. The Bertz CT molecular complexity index is 1290. The molecule has 0 aliphatic heterocycles. The predicted octanol–water partition coefficient (Wildman–Crippen LogP) is 5.46. The monoisotopic (exact) mass is 604 g/mol. The highest BCUT2D eigenvalue weighted by molar-refractivity contribution is 7.15. The summed E-state index contributed by atoms with van der Waals surface area (Å²) in [4.78, 5) is 33.0. The summed E-state index contributed by atoms with van der Waals surface area (Å²) in [6.07, 6.45) is -0.443. The summed E-state index contributed by atoms with van der Waals surface area (Å²) in [6, 6.07) is 19.2. The summed E-state index contributed by atoms with van der Waals surface area (Å²) in [5.74, 6) is -0.182. The third kappa shape index (κ3) is 12.8. The number of alkyl halides is 3. The second kappa shape index (κ2) is 16.3. The zero-order chi connectivity index (χ0) is 29.5. The first-order valence-electron chi connectivity index (χ1n) is 12.6. The number of anilines is 2. The number of nitrogens with zero attached hydrogens (tertiary/aromatic N) is 4. The van der Waals surface area contributed by atoms with Gasteiger partial charge in [-0.1, -0.05) is 89.8 Å². The zero-order valence-corrected chi connectivity index (χ0v) is 23.4. The molecular weight excluding hydrogens is 577 g/mol. The van der Waals surface area contributed by atoms with Gasteiger partial charge in [0.05, 0.1) is 12.8 Å². The number of aryl methyl sites for hydroxylation is 2. The van der Waals surface area contributed by atoms with Crippen LogP contribution in [0.1, 0.15) is 40.4 Å². The number of hydrogen-bond donors (Lipinski definition) is 2. The molecule has 41 heavy (non-hydrogen) atoms. The highest BCUT2D eigenvalue weighted by Crippen LogP contribution is 2.20. The van der Waals surface area contributed by atoms with E-state index in [4.69, 9.17) is 4.79 Å². The molecular formula is C27H27F3N6O3S2. The summed E-state index contributed by atoms with van der Waals surface area (Å²) in [5.41, 5.74) is 1.93. The van der Waals surface area contributed by atoms with Crippen molar-refractivity contribution in [2.45, 2.75) is 51.1 Å². The molecule has 0 aliphatic carbocycles. The van der Waals surface area contributed by atoms with Crippen molar-refractivity contribution in [1.29, 1.82) is 0 Å². The van der Waals surface area contributed by atoms with Gasteiger partial charge in [0.15, 0.2) is 0 Å². The minimum absolute atomic E-state index is 0.0911. The zero-order valence-electron chi connectivity index (χ0n) is 21.8. The molecule has 0 spiro atoms. The maximum Gasteiger partial charge on any atom is 0.446 e. The molecule has 216 valence electrons. The number of halogens is 3. The SMILES string of the molecule is O=C(Cc1ccccc1)Nc1nnc(CCCCCc2nnc(NC(=O)Cc3ccccc3)s2)s1.O=CC(F)(F)F. The smallest absolute Gasteiger partial charge is 0.300 e. The molecule has 2 amide bonds. The van der Waals surface area contributed by atoms with Crippen molar-refractivity contribution in [3.63, 3.8) is 0 Å². The lowest BCUT2D eigenvalue weighted by Gasteiger charge is -2.01. The van der Waals surface area contributed by atoms with E-state index >= 15 is 0 Å². The lowest BCUT2D eigenvalue weighted by atomic mass is 10.1. The number of rotatable bonds is 12. The number of carbonyl (C=O) groups is 3. The molecule has 2 heterocycles. The Kier molecular flexibility index (Phi) is 12.5. The molecule has 0 saturated carbocycles. The van der Waals surface area contributed by atoms with Crippen molar-refractivity contribution in [2.24, 2.45) is 0 Å². The molecule has 2 aromatic carbocycles. The van der Waals surface area contributed by atoms with Crippen LogP contribution in [0.25, 0.3) is 0 Å². The molecule has 2 aromatic heterocycles. The summed E-state index contributed by atoms with van der Waals surface area (Å²) in [7, 11) is 0. The Morgan fingerprint density at radius 1 is 0.683 bits per heavy atom. The van der Waals surface area contributed by atoms with Crippen LogP contribution in [-0.4, -0.2) is 44.7 Å². The second-order valence-corrected chi connectivity index (χ2v) is 10.8. The molecule has 0 saturated heterocycles. The van der Waals surface area contributed by atoms with E-state index in [1.807, 2.05) is 60.7 Å². The quantitative estimate of drug-likeness (QED) is 0.163. The van der Waals surface area contributed by atoms with Gasteiger partial charge >= 0.3 is 6.18 Å². The number of nitrogens with one attached hydrogen (secondary N) is 2. The van der Waals surface area contributed by atoms with E-state index in [-0.39, 0.29) is 11.8 Å². The van der Waals surface area contributed by atoms with E-state index in [0.717, 1.165) is 53.2 Å². The summed E-state index contributed by atoms with van der Waals surface area (Å²) >= 11 is 2.84. The fourth-order valence-electron chi connectivity index (χ4n) is 3.43. The van der Waals surface area contributed by atoms with E-state index in [2.05, 4.69) is 31.0 Å². The van der Waals surface area contributed by atoms with Gasteiger partial charge in [0.1, 0.15) is 10.0 Å². The molecule has 2 N–H and O–H groups in total. The number of unbranched alkanes of at least 4 members (excludes halogenated alkanes) is 2. The van der Waals surface area contributed by atoms with E-state index < -0.39 is 12.5 Å². The fourth-order valence-corrected chi connectivity index (χ4v) is 5.02. The normalized spacial score (nSPS) is 10.8. The third-order valence-electron chi connectivity index (χ3n) is 5.26. The maximum atomic E-state index is 12.2. The van der Waals surface area contributed by atoms with Crippen LogP contribution in [0.4, 0.5) is 23.4 Å². The van der Waals surface area contributed by atoms with Crippen LogP contribution in [0.2, 0.25) is 0 Å². The van der Waals surface area contributed by atoms with E-state index in [1.54, 1.807) is 0 Å². The summed E-state index contributed by atoms with van der Waals surface area (Å²) < 4.78 is 31.2. The molecule has 0 fully saturated rings. The van der Waals surface area contributed by atoms with E-state index in [9.17, 15) is 22.8 Å². The first-order valence-corrected chi connectivity index (χ1v) is 14.2. The van der Waals surface area contributed by atoms with Gasteiger partial charge < -0.3 is 10.6 Å². The Morgan fingerprint density at radius 2 is 1.07 bits per heavy atom. The van der Waals surface area contributed by atoms with Crippen LogP contribution in [0, 0.1) is 0 Å². The third-order valence-corrected chi connectivity index (χ3v) is 7.05. The van der Waals surface area contributed by atoms with Crippen LogP contribution in [0.5, 0.6) is 0 Å². The van der Waals surface area contributed by atoms with Gasteiger partial charge in [-0.3, -0.25) is 14.4 Å². The lowest BCUT2D eigenvalue weighted by Crippen LogP contribution is -2.14. The molecule has 0 unspecified atom stereocenters. The maximum absolute atomic E-state index is 12.2. The molecule has 0 aliphatic rings. The van der Waals surface area contributed by atoms with Gasteiger partial charge in [0.2, 0.25) is 28.4 Å². The van der Waals surface area contributed by atoms with Gasteiger partial charge in [0, 0.05) is 12.8 Å².